The first-order valence-electron chi connectivity index (χ1n) is 9.40. The predicted octanol–water partition coefficient (Wildman–Crippen LogP) is 1.13. The summed E-state index contributed by atoms with van der Waals surface area (Å²) in [5.74, 6) is 0.190. The number of carbonyl (C=O) groups is 2. The van der Waals surface area contributed by atoms with E-state index in [4.69, 9.17) is 15.2 Å². The molecule has 1 amide bonds. The zero-order chi connectivity index (χ0) is 21.7. The number of methoxy groups -OCH3 is 1. The highest BCUT2D eigenvalue weighted by molar-refractivity contribution is 6.33. The van der Waals surface area contributed by atoms with E-state index in [9.17, 15) is 9.59 Å². The lowest BCUT2D eigenvalue weighted by atomic mass is 10.0. The first-order valence-corrected chi connectivity index (χ1v) is 9.40. The molecule has 10 heteroatoms. The molecule has 2 aliphatic rings. The van der Waals surface area contributed by atoms with Crippen molar-refractivity contribution in [2.75, 3.05) is 32.2 Å². The van der Waals surface area contributed by atoms with Gasteiger partial charge in [-0.25, -0.2) is 14.6 Å². The molecule has 0 fully saturated rings. The van der Waals surface area contributed by atoms with Crippen molar-refractivity contribution in [3.05, 3.63) is 41.7 Å². The van der Waals surface area contributed by atoms with Crippen LogP contribution in [0.3, 0.4) is 0 Å². The highest BCUT2D eigenvalue weighted by atomic mass is 16.5. The first kappa shape index (κ1) is 21.0. The molecule has 0 aliphatic carbocycles. The van der Waals surface area contributed by atoms with Crippen molar-refractivity contribution in [1.29, 1.82) is 0 Å². The molecule has 0 radical (unpaired) electrons. The molecule has 3 N–H and O–H groups in total. The fourth-order valence-corrected chi connectivity index (χ4v) is 3.05. The fourth-order valence-electron chi connectivity index (χ4n) is 3.05. The third kappa shape index (κ3) is 4.83. The topological polar surface area (TPSA) is 131 Å². The Hall–Kier alpha value is -3.69. The Morgan fingerprint density at radius 3 is 2.67 bits per heavy atom. The van der Waals surface area contributed by atoms with Gasteiger partial charge in [-0.05, 0) is 37.3 Å². The van der Waals surface area contributed by atoms with Crippen molar-refractivity contribution in [2.45, 2.75) is 19.0 Å². The molecule has 0 saturated heterocycles. The largest absolute Gasteiger partial charge is 0.465 e. The summed E-state index contributed by atoms with van der Waals surface area (Å²) >= 11 is 0. The average Bonchev–Trinajstić information content (AvgIpc) is 2.74. The van der Waals surface area contributed by atoms with Crippen LogP contribution in [0.4, 0.5) is 10.5 Å². The van der Waals surface area contributed by atoms with Crippen molar-refractivity contribution in [3.8, 4) is 0 Å². The molecule has 2 aliphatic heterocycles. The molecular weight excluding hydrogens is 388 g/mol. The maximum atomic E-state index is 11.6. The second-order valence-electron chi connectivity index (χ2n) is 6.66. The molecule has 0 aromatic heterocycles. The number of hydrogen-bond donors (Lipinski definition) is 2. The zero-order valence-electron chi connectivity index (χ0n) is 17.0. The van der Waals surface area contributed by atoms with E-state index in [1.165, 1.54) is 7.11 Å². The molecule has 3 rings (SSSR count). The summed E-state index contributed by atoms with van der Waals surface area (Å²) in [6.07, 6.45) is 2.80. The summed E-state index contributed by atoms with van der Waals surface area (Å²) in [6, 6.07) is 6.32. The summed E-state index contributed by atoms with van der Waals surface area (Å²) in [6.45, 7) is 2.47. The van der Waals surface area contributed by atoms with Crippen LogP contribution < -0.4 is 16.0 Å². The third-order valence-electron chi connectivity index (χ3n) is 4.54. The van der Waals surface area contributed by atoms with Crippen molar-refractivity contribution < 1.29 is 19.1 Å². The van der Waals surface area contributed by atoms with E-state index in [0.717, 1.165) is 11.4 Å². The molecule has 10 nitrogen and oxygen atoms in total. The molecule has 0 bridgehead atoms. The number of esters is 1. The number of nitrogens with two attached hydrogens (primary N) is 1. The van der Waals surface area contributed by atoms with Gasteiger partial charge in [-0.3, -0.25) is 15.3 Å². The van der Waals surface area contributed by atoms with Gasteiger partial charge >= 0.3 is 12.1 Å². The summed E-state index contributed by atoms with van der Waals surface area (Å²) in [5.41, 5.74) is 8.21. The Kier molecular flexibility index (Phi) is 6.45. The molecule has 0 spiro atoms. The lowest BCUT2D eigenvalue weighted by Crippen LogP contribution is -2.44. The van der Waals surface area contributed by atoms with Crippen LogP contribution in [0.2, 0.25) is 0 Å². The smallest absolute Gasteiger partial charge is 0.412 e. The standard InChI is InChI=1S/C20H24N6O4/c1-4-30-20(28)25-16-9-15-17(18(21)24-16)23-13(10-22-15)11-26(2)14-7-5-12(6-8-14)19(27)29-3/h5-10,15,17H,4,11H2,1-3H3,(H2,21,24)(H,25,28). The van der Waals surface area contributed by atoms with E-state index in [1.807, 2.05) is 24.1 Å². The number of nitrogens with zero attached hydrogens (tertiary/aromatic N) is 4. The van der Waals surface area contributed by atoms with E-state index in [-0.39, 0.29) is 24.5 Å². The lowest BCUT2D eigenvalue weighted by molar-refractivity contribution is 0.0600. The number of carbonyl (C=O) groups excluding carboxylic acids is 2. The van der Waals surface area contributed by atoms with Crippen LogP contribution in [0.5, 0.6) is 0 Å². The van der Waals surface area contributed by atoms with Gasteiger partial charge < -0.3 is 20.1 Å². The second-order valence-corrected chi connectivity index (χ2v) is 6.66. The second kappa shape index (κ2) is 9.21. The number of hydrogen-bond acceptors (Lipinski definition) is 9. The number of alkyl carbamates (subject to hydrolysis) is 1. The highest BCUT2D eigenvalue weighted by Crippen LogP contribution is 2.19. The van der Waals surface area contributed by atoms with E-state index in [1.54, 1.807) is 31.3 Å². The van der Waals surface area contributed by atoms with Gasteiger partial charge in [-0.15, -0.1) is 0 Å². The maximum Gasteiger partial charge on any atom is 0.412 e. The number of rotatable bonds is 6. The molecule has 2 heterocycles. The highest BCUT2D eigenvalue weighted by Gasteiger charge is 2.30. The minimum Gasteiger partial charge on any atom is -0.465 e. The van der Waals surface area contributed by atoms with Gasteiger partial charge in [0.2, 0.25) is 0 Å². The molecule has 158 valence electrons. The van der Waals surface area contributed by atoms with Gasteiger partial charge in [0.25, 0.3) is 0 Å². The Balaban J connectivity index is 1.66. The Morgan fingerprint density at radius 1 is 1.27 bits per heavy atom. The number of aliphatic imine (C=N–C) groups is 3. The Morgan fingerprint density at radius 2 is 2.00 bits per heavy atom. The molecule has 1 aromatic rings. The van der Waals surface area contributed by atoms with E-state index in [2.05, 4.69) is 20.3 Å². The summed E-state index contributed by atoms with van der Waals surface area (Å²) in [7, 11) is 3.26. The fraction of sp³-hybridized carbons (Fsp3) is 0.350. The number of amidine groups is 1. The minimum absolute atomic E-state index is 0.259. The molecular formula is C20H24N6O4. The zero-order valence-corrected chi connectivity index (χ0v) is 17.0. The first-order chi connectivity index (χ1) is 14.4. The third-order valence-corrected chi connectivity index (χ3v) is 4.54. The van der Waals surface area contributed by atoms with Crippen LogP contribution in [0.15, 0.2) is 51.1 Å². The van der Waals surface area contributed by atoms with Gasteiger partial charge in [0.15, 0.2) is 0 Å². The van der Waals surface area contributed by atoms with Crippen LogP contribution >= 0.6 is 0 Å². The Labute approximate surface area is 174 Å². The Bertz CT molecular complexity index is 935. The van der Waals surface area contributed by atoms with Crippen LogP contribution in [0.25, 0.3) is 0 Å². The number of fused-ring (bicyclic) bond motifs is 1. The number of anilines is 1. The normalized spacial score (nSPS) is 19.6. The lowest BCUT2D eigenvalue weighted by Gasteiger charge is -2.28. The monoisotopic (exact) mass is 412 g/mol. The molecule has 0 saturated carbocycles. The number of nitrogens with one attached hydrogen (secondary N) is 1. The molecule has 1 aromatic carbocycles. The van der Waals surface area contributed by atoms with Gasteiger partial charge in [-0.2, -0.15) is 0 Å². The van der Waals surface area contributed by atoms with Crippen molar-refractivity contribution in [3.63, 3.8) is 0 Å². The van der Waals surface area contributed by atoms with Crippen LogP contribution in [-0.2, 0) is 9.47 Å². The number of amides is 1. The van der Waals surface area contributed by atoms with Gasteiger partial charge in [0, 0.05) is 18.9 Å². The summed E-state index contributed by atoms with van der Waals surface area (Å²) in [4.78, 5) is 38.5. The van der Waals surface area contributed by atoms with Crippen LogP contribution in [0, 0.1) is 0 Å². The molecule has 2 atom stereocenters. The minimum atomic E-state index is -0.595. The number of benzene rings is 1. The number of ether oxygens (including phenoxy) is 2. The quantitative estimate of drug-likeness (QED) is 0.674. The van der Waals surface area contributed by atoms with E-state index >= 15 is 0 Å². The molecule has 2 unspecified atom stereocenters. The van der Waals surface area contributed by atoms with Crippen molar-refractivity contribution in [2.24, 2.45) is 20.7 Å². The van der Waals surface area contributed by atoms with Crippen LogP contribution in [0.1, 0.15) is 17.3 Å². The van der Waals surface area contributed by atoms with Gasteiger partial charge in [0.05, 0.1) is 31.5 Å². The summed E-state index contributed by atoms with van der Waals surface area (Å²) in [5, 5.41) is 2.53. The maximum absolute atomic E-state index is 11.6. The van der Waals surface area contributed by atoms with E-state index in [0.29, 0.717) is 17.9 Å². The van der Waals surface area contributed by atoms with Crippen molar-refractivity contribution in [1.82, 2.24) is 5.32 Å². The predicted molar refractivity (Wildman–Crippen MR) is 114 cm³/mol. The van der Waals surface area contributed by atoms with Crippen molar-refractivity contribution >= 4 is 35.5 Å². The SMILES string of the molecule is CCOC(=O)NC1=CC2N=CC(CN(C)c3ccc(C(=O)OC)cc3)=NC2C(N)=N1. The van der Waals surface area contributed by atoms with Gasteiger partial charge in [0.1, 0.15) is 23.7 Å². The van der Waals surface area contributed by atoms with Gasteiger partial charge in [-0.1, -0.05) is 0 Å². The average molecular weight is 412 g/mol. The summed E-state index contributed by atoms with van der Waals surface area (Å²) < 4.78 is 9.56. The van der Waals surface area contributed by atoms with E-state index < -0.39 is 12.1 Å². The van der Waals surface area contributed by atoms with Crippen LogP contribution in [-0.4, -0.2) is 69.2 Å². The molecule has 30 heavy (non-hydrogen) atoms.